The van der Waals surface area contributed by atoms with Crippen molar-refractivity contribution in [3.05, 3.63) is 12.4 Å². The van der Waals surface area contributed by atoms with Crippen LogP contribution in [0.15, 0.2) is 12.4 Å². The van der Waals surface area contributed by atoms with Crippen LogP contribution >= 0.6 is 0 Å². The van der Waals surface area contributed by atoms with E-state index in [0.29, 0.717) is 0 Å². The molecule has 0 bridgehead atoms. The van der Waals surface area contributed by atoms with E-state index in [1.165, 1.54) is 24.2 Å². The molecule has 0 aromatic heterocycles. The lowest BCUT2D eigenvalue weighted by atomic mass is 10.5. The maximum atomic E-state index is 12.5. The monoisotopic (exact) mass is 181 g/mol. The van der Waals surface area contributed by atoms with Crippen molar-refractivity contribution in [2.45, 2.75) is 13.2 Å². The number of hydrogen-bond acceptors (Lipinski definition) is 1. The molecule has 5 heteroatoms. The van der Waals surface area contributed by atoms with Crippen LogP contribution in [0.25, 0.3) is 0 Å². The standard InChI is InChI=1S/C7H12F3N2/c1-3-12(7(8,9)10)5-4-11(2)6-12/h4-5H,3,6H2,1-2H3/q+1. The predicted molar refractivity (Wildman–Crippen MR) is 38.6 cm³/mol. The molecule has 0 aromatic rings. The third-order valence-corrected chi connectivity index (χ3v) is 2.15. The minimum absolute atomic E-state index is 0.0139. The molecule has 1 atom stereocenters. The van der Waals surface area contributed by atoms with Crippen molar-refractivity contribution < 1.29 is 17.7 Å². The summed E-state index contributed by atoms with van der Waals surface area (Å²) >= 11 is 0. The quantitative estimate of drug-likeness (QED) is 0.439. The number of alkyl halides is 3. The van der Waals surface area contributed by atoms with Crippen molar-refractivity contribution in [2.75, 3.05) is 20.3 Å². The van der Waals surface area contributed by atoms with Gasteiger partial charge in [-0.05, 0) is 6.92 Å². The zero-order valence-corrected chi connectivity index (χ0v) is 7.10. The molecule has 12 heavy (non-hydrogen) atoms. The number of hydrogen-bond donors (Lipinski definition) is 0. The molecule has 0 fully saturated rings. The average Bonchev–Trinajstić information content (AvgIpc) is 2.31. The van der Waals surface area contributed by atoms with Crippen LogP contribution in [-0.4, -0.2) is 35.9 Å². The van der Waals surface area contributed by atoms with Gasteiger partial charge in [0.25, 0.3) is 0 Å². The normalized spacial score (nSPS) is 29.9. The SMILES string of the molecule is CC[N+]1(C(F)(F)F)C=CN(C)C1. The molecule has 1 aliphatic rings. The third kappa shape index (κ3) is 1.29. The molecule has 0 amide bonds. The molecule has 70 valence electrons. The molecule has 1 aliphatic heterocycles. The Morgan fingerprint density at radius 2 is 2.08 bits per heavy atom. The smallest absolute Gasteiger partial charge is 0.329 e. The summed E-state index contributed by atoms with van der Waals surface area (Å²) in [5.41, 5.74) is 0. The Balaban J connectivity index is 2.87. The van der Waals surface area contributed by atoms with Crippen molar-refractivity contribution in [1.82, 2.24) is 4.90 Å². The fourth-order valence-electron chi connectivity index (χ4n) is 1.28. The van der Waals surface area contributed by atoms with Crippen molar-refractivity contribution in [3.8, 4) is 0 Å². The van der Waals surface area contributed by atoms with Crippen molar-refractivity contribution in [2.24, 2.45) is 0 Å². The van der Waals surface area contributed by atoms with Gasteiger partial charge in [-0.15, -0.1) is 13.2 Å². The Morgan fingerprint density at radius 1 is 1.50 bits per heavy atom. The van der Waals surface area contributed by atoms with E-state index >= 15 is 0 Å². The molecule has 0 radical (unpaired) electrons. The van der Waals surface area contributed by atoms with E-state index in [2.05, 4.69) is 0 Å². The fraction of sp³-hybridized carbons (Fsp3) is 0.714. The largest absolute Gasteiger partial charge is 0.567 e. The summed E-state index contributed by atoms with van der Waals surface area (Å²) in [6, 6.07) is 0. The number of nitrogens with zero attached hydrogens (tertiary/aromatic N) is 2. The van der Waals surface area contributed by atoms with Gasteiger partial charge in [0.15, 0.2) is 6.67 Å². The van der Waals surface area contributed by atoms with Gasteiger partial charge in [0.05, 0.1) is 12.7 Å². The minimum Gasteiger partial charge on any atom is -0.329 e. The molecule has 0 N–H and O–H groups in total. The summed E-state index contributed by atoms with van der Waals surface area (Å²) in [4.78, 5) is 1.54. The fourth-order valence-corrected chi connectivity index (χ4v) is 1.28. The molecule has 1 heterocycles. The van der Waals surface area contributed by atoms with Gasteiger partial charge >= 0.3 is 6.30 Å². The zero-order valence-electron chi connectivity index (χ0n) is 7.10. The lowest BCUT2D eigenvalue weighted by Gasteiger charge is -2.31. The molecule has 0 saturated carbocycles. The van der Waals surface area contributed by atoms with Crippen LogP contribution in [0.3, 0.4) is 0 Å². The van der Waals surface area contributed by atoms with Crippen LogP contribution < -0.4 is 0 Å². The highest BCUT2D eigenvalue weighted by atomic mass is 19.4. The van der Waals surface area contributed by atoms with E-state index in [4.69, 9.17) is 0 Å². The third-order valence-electron chi connectivity index (χ3n) is 2.15. The van der Waals surface area contributed by atoms with Crippen molar-refractivity contribution in [1.29, 1.82) is 0 Å². The molecule has 0 aliphatic carbocycles. The second kappa shape index (κ2) is 2.65. The molecule has 0 aromatic carbocycles. The Hall–Kier alpha value is -0.710. The minimum atomic E-state index is -4.18. The first-order valence-electron chi connectivity index (χ1n) is 3.74. The van der Waals surface area contributed by atoms with Crippen LogP contribution in [0.1, 0.15) is 6.92 Å². The van der Waals surface area contributed by atoms with Gasteiger partial charge in [0.2, 0.25) is 0 Å². The van der Waals surface area contributed by atoms with Gasteiger partial charge in [-0.3, -0.25) is 0 Å². The van der Waals surface area contributed by atoms with Crippen LogP contribution in [0, 0.1) is 0 Å². The van der Waals surface area contributed by atoms with Gasteiger partial charge < -0.3 is 4.90 Å². The Kier molecular flexibility index (Phi) is 2.07. The lowest BCUT2D eigenvalue weighted by molar-refractivity contribution is -0.986. The molecule has 0 spiro atoms. The summed E-state index contributed by atoms with van der Waals surface area (Å²) in [6.07, 6.45) is -1.52. The van der Waals surface area contributed by atoms with E-state index in [-0.39, 0.29) is 13.2 Å². The Labute approximate surface area is 69.5 Å². The predicted octanol–water partition coefficient (Wildman–Crippen LogP) is 1.72. The second-order valence-electron chi connectivity index (χ2n) is 3.01. The summed E-state index contributed by atoms with van der Waals surface area (Å²) < 4.78 is 36.5. The maximum absolute atomic E-state index is 12.5. The van der Waals surface area contributed by atoms with Crippen molar-refractivity contribution in [3.63, 3.8) is 0 Å². The lowest BCUT2D eigenvalue weighted by Crippen LogP contribution is -2.54. The average molecular weight is 181 g/mol. The van der Waals surface area contributed by atoms with Crippen LogP contribution in [-0.2, 0) is 0 Å². The molecular formula is C7H12F3N2+. The number of rotatable bonds is 1. The van der Waals surface area contributed by atoms with Crippen LogP contribution in [0.5, 0.6) is 0 Å². The molecule has 1 unspecified atom stereocenters. The highest BCUT2D eigenvalue weighted by Gasteiger charge is 2.55. The second-order valence-corrected chi connectivity index (χ2v) is 3.01. The van der Waals surface area contributed by atoms with E-state index in [1.54, 1.807) is 7.05 Å². The van der Waals surface area contributed by atoms with E-state index in [0.717, 1.165) is 0 Å². The molecule has 2 nitrogen and oxygen atoms in total. The van der Waals surface area contributed by atoms with Gasteiger partial charge in [-0.25, -0.2) is 0 Å². The molecule has 1 rings (SSSR count). The van der Waals surface area contributed by atoms with Gasteiger partial charge in [-0.1, -0.05) is 0 Å². The molecule has 0 saturated heterocycles. The van der Waals surface area contributed by atoms with Crippen LogP contribution in [0.4, 0.5) is 13.2 Å². The zero-order chi connectivity index (χ0) is 9.41. The van der Waals surface area contributed by atoms with Gasteiger partial charge in [0.1, 0.15) is 6.20 Å². The summed E-state index contributed by atoms with van der Waals surface area (Å²) in [6.45, 7) is 1.57. The van der Waals surface area contributed by atoms with E-state index in [1.807, 2.05) is 0 Å². The van der Waals surface area contributed by atoms with Gasteiger partial charge in [-0.2, -0.15) is 4.48 Å². The van der Waals surface area contributed by atoms with Crippen molar-refractivity contribution >= 4 is 0 Å². The summed E-state index contributed by atoms with van der Waals surface area (Å²) in [5.74, 6) is 0. The Bertz CT molecular complexity index is 199. The first-order chi connectivity index (χ1) is 5.41. The number of quaternary nitrogens is 1. The topological polar surface area (TPSA) is 3.24 Å². The maximum Gasteiger partial charge on any atom is 0.567 e. The summed E-state index contributed by atoms with van der Waals surface area (Å²) in [5, 5.41) is 0. The first kappa shape index (κ1) is 9.38. The van der Waals surface area contributed by atoms with E-state index in [9.17, 15) is 13.2 Å². The Morgan fingerprint density at radius 3 is 2.25 bits per heavy atom. The highest BCUT2D eigenvalue weighted by molar-refractivity contribution is 4.80. The van der Waals surface area contributed by atoms with E-state index < -0.39 is 10.8 Å². The number of halogens is 3. The van der Waals surface area contributed by atoms with Crippen LogP contribution in [0.2, 0.25) is 0 Å². The first-order valence-corrected chi connectivity index (χ1v) is 3.74. The van der Waals surface area contributed by atoms with Gasteiger partial charge in [0, 0.05) is 7.05 Å². The molecular weight excluding hydrogens is 169 g/mol. The summed E-state index contributed by atoms with van der Waals surface area (Å²) in [7, 11) is 1.64. The highest BCUT2D eigenvalue weighted by Crippen LogP contribution is 2.33.